The molecule has 1 aliphatic heterocycles. The number of fused-ring (bicyclic) bond motifs is 6. The Morgan fingerprint density at radius 2 is 1.84 bits per heavy atom. The molecule has 5 nitrogen and oxygen atoms in total. The topological polar surface area (TPSA) is 70.0 Å². The Bertz CT molecular complexity index is 1040. The van der Waals surface area contributed by atoms with Gasteiger partial charge >= 0.3 is 0 Å². The predicted molar refractivity (Wildman–Crippen MR) is 145 cm³/mol. The summed E-state index contributed by atoms with van der Waals surface area (Å²) >= 11 is 0. The van der Waals surface area contributed by atoms with Crippen LogP contribution >= 0.6 is 0 Å². The van der Waals surface area contributed by atoms with Gasteiger partial charge in [-0.1, -0.05) is 26.8 Å². The normalized spacial score (nSPS) is 43.3. The minimum atomic E-state index is -0.229. The highest BCUT2D eigenvalue weighted by molar-refractivity contribution is 5.95. The van der Waals surface area contributed by atoms with E-state index >= 15 is 0 Å². The molecular formula is C32H47NO4. The van der Waals surface area contributed by atoms with Crippen LogP contribution in [0.1, 0.15) is 90.5 Å². The molecule has 4 aliphatic carbocycles. The van der Waals surface area contributed by atoms with Gasteiger partial charge in [-0.3, -0.25) is 9.69 Å². The molecule has 0 radical (unpaired) electrons. The number of ether oxygens (including phenoxy) is 1. The van der Waals surface area contributed by atoms with E-state index < -0.39 is 0 Å². The minimum absolute atomic E-state index is 0.166. The zero-order valence-corrected chi connectivity index (χ0v) is 23.3. The monoisotopic (exact) mass is 509 g/mol. The molecule has 1 heterocycles. The average molecular weight is 510 g/mol. The van der Waals surface area contributed by atoms with E-state index in [0.717, 1.165) is 49.1 Å². The molecule has 1 amide bonds. The highest BCUT2D eigenvalue weighted by atomic mass is 16.5. The molecule has 1 aromatic rings. The lowest BCUT2D eigenvalue weighted by Gasteiger charge is -2.62. The van der Waals surface area contributed by atoms with Crippen molar-refractivity contribution in [3.05, 3.63) is 23.8 Å². The number of aliphatic hydroxyl groups excluding tert-OH is 2. The zero-order chi connectivity index (χ0) is 26.1. The fraction of sp³-hybridized carbons (Fsp3) is 0.781. The van der Waals surface area contributed by atoms with Crippen molar-refractivity contribution < 1.29 is 19.7 Å². The molecule has 204 valence electrons. The molecule has 0 aromatic heterocycles. The van der Waals surface area contributed by atoms with Crippen molar-refractivity contribution >= 4 is 11.6 Å². The second kappa shape index (κ2) is 9.26. The van der Waals surface area contributed by atoms with Gasteiger partial charge in [0.25, 0.3) is 0 Å². The lowest BCUT2D eigenvalue weighted by molar-refractivity contribution is -0.174. The average Bonchev–Trinajstić information content (AvgIpc) is 3.44. The molecule has 0 bridgehead atoms. The Morgan fingerprint density at radius 1 is 1.08 bits per heavy atom. The Morgan fingerprint density at radius 3 is 2.65 bits per heavy atom. The summed E-state index contributed by atoms with van der Waals surface area (Å²) in [5.41, 5.74) is 2.58. The van der Waals surface area contributed by atoms with E-state index in [9.17, 15) is 15.0 Å². The van der Waals surface area contributed by atoms with Crippen LogP contribution in [0.3, 0.4) is 0 Å². The second-order valence-electron chi connectivity index (χ2n) is 14.0. The van der Waals surface area contributed by atoms with Crippen LogP contribution in [0, 0.1) is 53.3 Å². The number of carbonyl (C=O) groups is 1. The maximum Gasteiger partial charge on any atom is 0.229 e. The molecule has 5 aliphatic rings. The molecule has 0 spiro atoms. The Balaban J connectivity index is 1.13. The Kier molecular flexibility index (Phi) is 6.42. The van der Waals surface area contributed by atoms with Gasteiger partial charge in [0.05, 0.1) is 17.9 Å². The first-order chi connectivity index (χ1) is 17.6. The Hall–Kier alpha value is -1.59. The fourth-order valence-corrected chi connectivity index (χ4v) is 10.2. The van der Waals surface area contributed by atoms with Crippen LogP contribution in [0.25, 0.3) is 0 Å². The fourth-order valence-electron chi connectivity index (χ4n) is 10.2. The number of aliphatic hydroxyl groups is 2. The maximum absolute atomic E-state index is 13.2. The lowest BCUT2D eigenvalue weighted by Crippen LogP contribution is -2.58. The van der Waals surface area contributed by atoms with Crippen molar-refractivity contribution in [2.24, 2.45) is 46.3 Å². The molecule has 10 atom stereocenters. The number of benzene rings is 1. The summed E-state index contributed by atoms with van der Waals surface area (Å²) in [7, 11) is 0. The van der Waals surface area contributed by atoms with E-state index in [1.165, 1.54) is 25.7 Å². The van der Waals surface area contributed by atoms with Gasteiger partial charge in [-0.2, -0.15) is 0 Å². The molecular weight excluding hydrogens is 462 g/mol. The van der Waals surface area contributed by atoms with Crippen LogP contribution in [0.2, 0.25) is 0 Å². The van der Waals surface area contributed by atoms with E-state index in [-0.39, 0.29) is 28.9 Å². The predicted octanol–water partition coefficient (Wildman–Crippen LogP) is 6.08. The first-order valence-electron chi connectivity index (χ1n) is 15.0. The van der Waals surface area contributed by atoms with E-state index in [1.54, 1.807) is 0 Å². The van der Waals surface area contributed by atoms with Gasteiger partial charge in [-0.15, -0.1) is 0 Å². The Labute approximate surface area is 223 Å². The number of amides is 1. The van der Waals surface area contributed by atoms with Gasteiger partial charge in [0.1, 0.15) is 5.75 Å². The first kappa shape index (κ1) is 25.7. The number of aryl methyl sites for hydroxylation is 1. The summed E-state index contributed by atoms with van der Waals surface area (Å²) in [6.07, 6.45) is 9.74. The zero-order valence-electron chi connectivity index (χ0n) is 23.3. The van der Waals surface area contributed by atoms with Crippen molar-refractivity contribution in [2.45, 2.75) is 104 Å². The van der Waals surface area contributed by atoms with Crippen LogP contribution in [0.5, 0.6) is 5.75 Å². The van der Waals surface area contributed by atoms with E-state index in [4.69, 9.17) is 4.74 Å². The van der Waals surface area contributed by atoms with Crippen molar-refractivity contribution in [1.29, 1.82) is 0 Å². The second-order valence-corrected chi connectivity index (χ2v) is 14.0. The molecule has 0 saturated heterocycles. The van der Waals surface area contributed by atoms with Gasteiger partial charge in [-0.25, -0.2) is 0 Å². The summed E-state index contributed by atoms with van der Waals surface area (Å²) in [6, 6.07) is 6.07. The van der Waals surface area contributed by atoms with Crippen LogP contribution in [0.15, 0.2) is 18.2 Å². The third-order valence-corrected chi connectivity index (χ3v) is 12.3. The third-order valence-electron chi connectivity index (χ3n) is 12.3. The molecule has 1 aromatic carbocycles. The van der Waals surface area contributed by atoms with Crippen molar-refractivity contribution in [2.75, 3.05) is 11.6 Å². The molecule has 37 heavy (non-hydrogen) atoms. The van der Waals surface area contributed by atoms with E-state index in [2.05, 4.69) is 20.8 Å². The summed E-state index contributed by atoms with van der Waals surface area (Å²) in [4.78, 5) is 15.0. The quantitative estimate of drug-likeness (QED) is 0.516. The highest BCUT2D eigenvalue weighted by Gasteiger charge is 2.62. The SMILES string of the molecule is Cc1ccc2c(c1)OCN2C(=O)CC[C@@H](C)[C@H]1CC[C@H]2[C@@H]3[C@@H](O)C[C@@H]4C[C@H](O)CC[C@]4(C)[C@H]3CC[C@]12C. The number of hydrogen-bond donors (Lipinski definition) is 2. The molecule has 2 N–H and O–H groups in total. The lowest BCUT2D eigenvalue weighted by atomic mass is 9.43. The van der Waals surface area contributed by atoms with Crippen molar-refractivity contribution in [3.63, 3.8) is 0 Å². The molecule has 6 rings (SSSR count). The van der Waals surface area contributed by atoms with Crippen LogP contribution in [-0.4, -0.2) is 35.1 Å². The summed E-state index contributed by atoms with van der Waals surface area (Å²) in [5.74, 6) is 4.11. The van der Waals surface area contributed by atoms with Gasteiger partial charge in [0.15, 0.2) is 6.73 Å². The molecule has 4 fully saturated rings. The number of anilines is 1. The summed E-state index contributed by atoms with van der Waals surface area (Å²) in [6.45, 7) is 9.74. The smallest absolute Gasteiger partial charge is 0.229 e. The molecule has 0 unspecified atom stereocenters. The standard InChI is InChI=1S/C32H47NO4/c1-19-5-9-26-28(15-19)37-18-33(26)29(36)10-6-20(2)23-7-8-24-30-25(12-14-32(23,24)4)31(3)13-11-22(34)16-21(31)17-27(30)35/h5,9,15,20-25,27,30,34-35H,6-8,10-14,16-18H2,1-4H3/t20-,21+,22-,23-,24+,25+,27+,30+,31+,32-/m1/s1. The number of carbonyl (C=O) groups excluding carboxylic acids is 1. The van der Waals surface area contributed by atoms with E-state index in [0.29, 0.717) is 48.7 Å². The van der Waals surface area contributed by atoms with Gasteiger partial charge in [0, 0.05) is 6.42 Å². The largest absolute Gasteiger partial charge is 0.470 e. The summed E-state index contributed by atoms with van der Waals surface area (Å²) < 4.78 is 5.79. The van der Waals surface area contributed by atoms with Gasteiger partial charge in [0.2, 0.25) is 5.91 Å². The number of rotatable bonds is 4. The first-order valence-corrected chi connectivity index (χ1v) is 15.0. The summed E-state index contributed by atoms with van der Waals surface area (Å²) in [5, 5.41) is 21.8. The van der Waals surface area contributed by atoms with Crippen LogP contribution in [0.4, 0.5) is 5.69 Å². The third kappa shape index (κ3) is 4.06. The van der Waals surface area contributed by atoms with E-state index in [1.807, 2.05) is 30.0 Å². The number of nitrogens with zero attached hydrogens (tertiary/aromatic N) is 1. The molecule has 4 saturated carbocycles. The van der Waals surface area contributed by atoms with Crippen molar-refractivity contribution in [3.8, 4) is 5.75 Å². The minimum Gasteiger partial charge on any atom is -0.470 e. The number of hydrogen-bond acceptors (Lipinski definition) is 4. The van der Waals surface area contributed by atoms with Gasteiger partial charge in [-0.05, 0) is 129 Å². The van der Waals surface area contributed by atoms with Gasteiger partial charge < -0.3 is 14.9 Å². The highest BCUT2D eigenvalue weighted by Crippen LogP contribution is 2.68. The van der Waals surface area contributed by atoms with Crippen LogP contribution in [-0.2, 0) is 4.79 Å². The maximum atomic E-state index is 13.2. The van der Waals surface area contributed by atoms with Crippen molar-refractivity contribution in [1.82, 2.24) is 0 Å². The molecule has 5 heteroatoms. The van der Waals surface area contributed by atoms with Crippen LogP contribution < -0.4 is 9.64 Å².